The number of carbonyl (C=O) groups excluding carboxylic acids is 1. The van der Waals surface area contributed by atoms with E-state index in [2.05, 4.69) is 20.7 Å². The molecule has 1 aliphatic carbocycles. The lowest BCUT2D eigenvalue weighted by atomic mass is 10.2. The molecule has 19 heavy (non-hydrogen) atoms. The highest BCUT2D eigenvalue weighted by molar-refractivity contribution is 7.13. The maximum atomic E-state index is 11.8. The molecule has 100 valence electrons. The third-order valence-electron chi connectivity index (χ3n) is 3.20. The standard InChI is InChI=1S/C12H15N5OS/c1-8(9-4-5-9)13-11(18)7-17-15-12(14-16-17)10-3-2-6-19-10/h2-3,6,8-9H,4-5,7H2,1H3,(H,13,18). The molecule has 1 atom stereocenters. The molecule has 6 nitrogen and oxygen atoms in total. The number of nitrogens with zero attached hydrogens (tertiary/aromatic N) is 4. The maximum Gasteiger partial charge on any atom is 0.243 e. The van der Waals surface area contributed by atoms with Gasteiger partial charge in [0.25, 0.3) is 0 Å². The smallest absolute Gasteiger partial charge is 0.243 e. The van der Waals surface area contributed by atoms with Crippen LogP contribution >= 0.6 is 11.3 Å². The zero-order valence-electron chi connectivity index (χ0n) is 10.6. The van der Waals surface area contributed by atoms with E-state index in [4.69, 9.17) is 0 Å². The molecule has 2 aromatic heterocycles. The molecule has 2 aromatic rings. The molecule has 0 saturated heterocycles. The van der Waals surface area contributed by atoms with Gasteiger partial charge in [0, 0.05) is 6.04 Å². The fourth-order valence-electron chi connectivity index (χ4n) is 1.96. The third kappa shape index (κ3) is 2.98. The number of aromatic nitrogens is 4. The highest BCUT2D eigenvalue weighted by Gasteiger charge is 2.28. The van der Waals surface area contributed by atoms with Crippen LogP contribution in [0.2, 0.25) is 0 Å². The minimum Gasteiger partial charge on any atom is -0.352 e. The zero-order chi connectivity index (χ0) is 13.2. The maximum absolute atomic E-state index is 11.8. The van der Waals surface area contributed by atoms with Crippen molar-refractivity contribution in [3.8, 4) is 10.7 Å². The van der Waals surface area contributed by atoms with E-state index < -0.39 is 0 Å². The molecule has 0 aromatic carbocycles. The van der Waals surface area contributed by atoms with Crippen LogP contribution in [0.4, 0.5) is 0 Å². The summed E-state index contributed by atoms with van der Waals surface area (Å²) in [4.78, 5) is 14.1. The molecule has 0 radical (unpaired) electrons. The van der Waals surface area contributed by atoms with Gasteiger partial charge in [0.15, 0.2) is 0 Å². The summed E-state index contributed by atoms with van der Waals surface area (Å²) in [5, 5.41) is 17.0. The molecular formula is C12H15N5OS. The fraction of sp³-hybridized carbons (Fsp3) is 0.500. The largest absolute Gasteiger partial charge is 0.352 e. The van der Waals surface area contributed by atoms with E-state index >= 15 is 0 Å². The van der Waals surface area contributed by atoms with Crippen LogP contribution in [0.5, 0.6) is 0 Å². The molecule has 3 rings (SSSR count). The summed E-state index contributed by atoms with van der Waals surface area (Å²) in [5.74, 6) is 1.15. The van der Waals surface area contributed by atoms with Gasteiger partial charge in [-0.3, -0.25) is 4.79 Å². The Morgan fingerprint density at radius 3 is 3.16 bits per heavy atom. The van der Waals surface area contributed by atoms with Crippen molar-refractivity contribution >= 4 is 17.2 Å². The monoisotopic (exact) mass is 277 g/mol. The zero-order valence-corrected chi connectivity index (χ0v) is 11.4. The normalized spacial score (nSPS) is 16.3. The number of thiophene rings is 1. The second-order valence-corrected chi connectivity index (χ2v) is 5.76. The van der Waals surface area contributed by atoms with Gasteiger partial charge in [0.2, 0.25) is 11.7 Å². The highest BCUT2D eigenvalue weighted by atomic mass is 32.1. The van der Waals surface area contributed by atoms with Gasteiger partial charge in [-0.25, -0.2) is 0 Å². The first-order valence-corrected chi connectivity index (χ1v) is 7.21. The third-order valence-corrected chi connectivity index (χ3v) is 4.06. The van der Waals surface area contributed by atoms with Crippen molar-refractivity contribution < 1.29 is 4.79 Å². The number of rotatable bonds is 5. The van der Waals surface area contributed by atoms with Crippen LogP contribution < -0.4 is 5.32 Å². The van der Waals surface area contributed by atoms with E-state index in [1.807, 2.05) is 24.4 Å². The first kappa shape index (κ1) is 12.3. The Labute approximate surface area is 114 Å². The summed E-state index contributed by atoms with van der Waals surface area (Å²) in [6.45, 7) is 2.16. The second kappa shape index (κ2) is 5.08. The predicted molar refractivity (Wildman–Crippen MR) is 71.5 cm³/mol. The fourth-order valence-corrected chi connectivity index (χ4v) is 2.60. The number of amides is 1. The Morgan fingerprint density at radius 2 is 2.47 bits per heavy atom. The van der Waals surface area contributed by atoms with Gasteiger partial charge >= 0.3 is 0 Å². The minimum atomic E-state index is -0.0606. The van der Waals surface area contributed by atoms with Gasteiger partial charge in [-0.15, -0.1) is 21.5 Å². The molecule has 0 bridgehead atoms. The average Bonchev–Trinajstić information content (AvgIpc) is 2.89. The first-order valence-electron chi connectivity index (χ1n) is 6.33. The lowest BCUT2D eigenvalue weighted by Gasteiger charge is -2.11. The lowest BCUT2D eigenvalue weighted by Crippen LogP contribution is -2.36. The molecule has 2 heterocycles. The molecule has 0 spiro atoms. The van der Waals surface area contributed by atoms with E-state index in [0.29, 0.717) is 11.7 Å². The Kier molecular flexibility index (Phi) is 3.29. The Morgan fingerprint density at radius 1 is 1.63 bits per heavy atom. The number of carbonyl (C=O) groups is 1. The van der Waals surface area contributed by atoms with E-state index in [-0.39, 0.29) is 18.5 Å². The number of tetrazole rings is 1. The van der Waals surface area contributed by atoms with Crippen molar-refractivity contribution in [3.05, 3.63) is 17.5 Å². The van der Waals surface area contributed by atoms with Crippen LogP contribution in [0.3, 0.4) is 0 Å². The summed E-state index contributed by atoms with van der Waals surface area (Å²) in [7, 11) is 0. The van der Waals surface area contributed by atoms with Crippen molar-refractivity contribution in [2.45, 2.75) is 32.4 Å². The van der Waals surface area contributed by atoms with Gasteiger partial charge in [-0.1, -0.05) is 6.07 Å². The Hall–Kier alpha value is -1.76. The quantitative estimate of drug-likeness (QED) is 0.894. The molecule has 1 fully saturated rings. The number of hydrogen-bond acceptors (Lipinski definition) is 5. The SMILES string of the molecule is CC(NC(=O)Cn1nnc(-c2cccs2)n1)C1CC1. The van der Waals surface area contributed by atoms with Crippen molar-refractivity contribution in [3.63, 3.8) is 0 Å². The summed E-state index contributed by atoms with van der Waals surface area (Å²) in [5.41, 5.74) is 0. The predicted octanol–water partition coefficient (Wildman–Crippen LogP) is 1.32. The van der Waals surface area contributed by atoms with Gasteiger partial charge in [0.05, 0.1) is 4.88 Å². The van der Waals surface area contributed by atoms with Crippen molar-refractivity contribution in [1.82, 2.24) is 25.5 Å². The molecule has 1 aliphatic rings. The highest BCUT2D eigenvalue weighted by Crippen LogP contribution is 2.32. The Balaban J connectivity index is 1.59. The summed E-state index contributed by atoms with van der Waals surface area (Å²) >= 11 is 1.55. The van der Waals surface area contributed by atoms with Gasteiger partial charge in [-0.2, -0.15) is 4.80 Å². The van der Waals surface area contributed by atoms with E-state index in [9.17, 15) is 4.79 Å². The topological polar surface area (TPSA) is 72.7 Å². The summed E-state index contributed by atoms with van der Waals surface area (Å²) in [6, 6.07) is 4.11. The van der Waals surface area contributed by atoms with Crippen molar-refractivity contribution in [1.29, 1.82) is 0 Å². The van der Waals surface area contributed by atoms with E-state index in [1.165, 1.54) is 17.6 Å². The van der Waals surface area contributed by atoms with Gasteiger partial charge in [-0.05, 0) is 42.3 Å². The molecule has 1 N–H and O–H groups in total. The summed E-state index contributed by atoms with van der Waals surface area (Å²) in [6.07, 6.45) is 2.43. The molecule has 7 heteroatoms. The van der Waals surface area contributed by atoms with Crippen LogP contribution in [-0.2, 0) is 11.3 Å². The van der Waals surface area contributed by atoms with Crippen LogP contribution in [0, 0.1) is 5.92 Å². The van der Waals surface area contributed by atoms with Crippen molar-refractivity contribution in [2.75, 3.05) is 0 Å². The molecule has 1 unspecified atom stereocenters. The lowest BCUT2D eigenvalue weighted by molar-refractivity contribution is -0.122. The second-order valence-electron chi connectivity index (χ2n) is 4.81. The average molecular weight is 277 g/mol. The molecule has 1 amide bonds. The molecule has 1 saturated carbocycles. The van der Waals surface area contributed by atoms with Crippen LogP contribution in [0.1, 0.15) is 19.8 Å². The van der Waals surface area contributed by atoms with E-state index in [0.717, 1.165) is 4.88 Å². The van der Waals surface area contributed by atoms with Gasteiger partial charge < -0.3 is 5.32 Å². The molecule has 0 aliphatic heterocycles. The number of hydrogen-bond donors (Lipinski definition) is 1. The molecular weight excluding hydrogens is 262 g/mol. The Bertz CT molecular complexity index is 560. The van der Waals surface area contributed by atoms with Gasteiger partial charge in [0.1, 0.15) is 6.54 Å². The van der Waals surface area contributed by atoms with E-state index in [1.54, 1.807) is 11.3 Å². The van der Waals surface area contributed by atoms with Crippen molar-refractivity contribution in [2.24, 2.45) is 5.92 Å². The van der Waals surface area contributed by atoms with Crippen LogP contribution in [0.15, 0.2) is 17.5 Å². The van der Waals surface area contributed by atoms with Crippen LogP contribution in [-0.4, -0.2) is 32.2 Å². The first-order chi connectivity index (χ1) is 9.22. The van der Waals surface area contributed by atoms with Crippen LogP contribution in [0.25, 0.3) is 10.7 Å². The number of nitrogens with one attached hydrogen (secondary N) is 1. The summed E-state index contributed by atoms with van der Waals surface area (Å²) < 4.78 is 0. The minimum absolute atomic E-state index is 0.0606.